The second-order valence-electron chi connectivity index (χ2n) is 3.22. The topological polar surface area (TPSA) is 93.6 Å². The smallest absolute Gasteiger partial charge is 0.199 e. The molecule has 3 aromatic rings. The van der Waals surface area contributed by atoms with Crippen LogP contribution in [0.5, 0.6) is 0 Å². The number of fused-ring (bicyclic) bond motifs is 1. The minimum absolute atomic E-state index is 0.190. The van der Waals surface area contributed by atoms with Gasteiger partial charge >= 0.3 is 0 Å². The standard InChI is InChI=1S/C9H6ClN5O/c10-4-2-1-3-5-6(4)13-9(12-5)7-8(11)15-16-14-7/h1-3H,(H2,11,15)(H,12,13). The third kappa shape index (κ3) is 1.24. The molecule has 0 saturated carbocycles. The van der Waals surface area contributed by atoms with Gasteiger partial charge in [0.15, 0.2) is 17.3 Å². The van der Waals surface area contributed by atoms with E-state index in [1.165, 1.54) is 0 Å². The third-order valence-electron chi connectivity index (χ3n) is 2.20. The van der Waals surface area contributed by atoms with Crippen molar-refractivity contribution >= 4 is 28.5 Å². The van der Waals surface area contributed by atoms with Gasteiger partial charge < -0.3 is 10.7 Å². The fraction of sp³-hybridized carbons (Fsp3) is 0. The Bertz CT molecular complexity index is 659. The first-order valence-electron chi connectivity index (χ1n) is 4.48. The Balaban J connectivity index is 2.27. The van der Waals surface area contributed by atoms with Gasteiger partial charge in [0.1, 0.15) is 5.52 Å². The first kappa shape index (κ1) is 9.17. The van der Waals surface area contributed by atoms with Crippen molar-refractivity contribution in [1.82, 2.24) is 20.3 Å². The zero-order valence-corrected chi connectivity index (χ0v) is 8.69. The summed E-state index contributed by atoms with van der Waals surface area (Å²) in [6, 6.07) is 5.46. The summed E-state index contributed by atoms with van der Waals surface area (Å²) in [6.45, 7) is 0. The average molecular weight is 236 g/mol. The van der Waals surface area contributed by atoms with Gasteiger partial charge in [0, 0.05) is 0 Å². The summed E-state index contributed by atoms with van der Waals surface area (Å²) in [6.07, 6.45) is 0. The van der Waals surface area contributed by atoms with Crippen LogP contribution in [-0.2, 0) is 0 Å². The second kappa shape index (κ2) is 3.21. The lowest BCUT2D eigenvalue weighted by atomic mass is 10.3. The Morgan fingerprint density at radius 3 is 2.88 bits per heavy atom. The lowest BCUT2D eigenvalue weighted by Gasteiger charge is -1.88. The Morgan fingerprint density at radius 2 is 2.19 bits per heavy atom. The first-order chi connectivity index (χ1) is 7.75. The van der Waals surface area contributed by atoms with E-state index in [0.29, 0.717) is 22.1 Å². The molecule has 0 radical (unpaired) electrons. The Hall–Kier alpha value is -2.08. The van der Waals surface area contributed by atoms with Crippen LogP contribution in [0.2, 0.25) is 5.02 Å². The van der Waals surface area contributed by atoms with Crippen molar-refractivity contribution in [3.63, 3.8) is 0 Å². The van der Waals surface area contributed by atoms with Crippen LogP contribution in [-0.4, -0.2) is 20.3 Å². The number of nitrogens with two attached hydrogens (primary N) is 1. The highest BCUT2D eigenvalue weighted by atomic mass is 35.5. The van der Waals surface area contributed by atoms with Gasteiger partial charge in [0.05, 0.1) is 10.5 Å². The van der Waals surface area contributed by atoms with Crippen molar-refractivity contribution in [3.05, 3.63) is 23.2 Å². The second-order valence-corrected chi connectivity index (χ2v) is 3.63. The lowest BCUT2D eigenvalue weighted by Crippen LogP contribution is -1.89. The van der Waals surface area contributed by atoms with Crippen LogP contribution in [0.4, 0.5) is 5.82 Å². The number of aromatic amines is 1. The normalized spacial score (nSPS) is 11.1. The molecule has 0 aliphatic carbocycles. The van der Waals surface area contributed by atoms with E-state index >= 15 is 0 Å². The van der Waals surface area contributed by atoms with E-state index in [1.807, 2.05) is 12.1 Å². The first-order valence-corrected chi connectivity index (χ1v) is 4.86. The molecule has 16 heavy (non-hydrogen) atoms. The van der Waals surface area contributed by atoms with Crippen LogP contribution in [0.3, 0.4) is 0 Å². The van der Waals surface area contributed by atoms with Crippen molar-refractivity contribution in [2.24, 2.45) is 0 Å². The van der Waals surface area contributed by atoms with Crippen LogP contribution >= 0.6 is 11.6 Å². The molecule has 7 heteroatoms. The zero-order chi connectivity index (χ0) is 11.1. The highest BCUT2D eigenvalue weighted by molar-refractivity contribution is 6.34. The van der Waals surface area contributed by atoms with Crippen LogP contribution in [0.25, 0.3) is 22.6 Å². The van der Waals surface area contributed by atoms with Gasteiger partial charge in [0.25, 0.3) is 0 Å². The Kier molecular flexibility index (Phi) is 1.84. The predicted molar refractivity (Wildman–Crippen MR) is 58.8 cm³/mol. The SMILES string of the molecule is Nc1nonc1-c1nc2c(Cl)cccc2[nH]1. The molecule has 0 fully saturated rings. The fourth-order valence-corrected chi connectivity index (χ4v) is 1.69. The minimum Gasteiger partial charge on any atom is -0.379 e. The number of nitrogen functional groups attached to an aromatic ring is 1. The summed E-state index contributed by atoms with van der Waals surface area (Å²) >= 11 is 6.00. The average Bonchev–Trinajstić information content (AvgIpc) is 2.84. The van der Waals surface area contributed by atoms with Crippen molar-refractivity contribution in [2.45, 2.75) is 0 Å². The van der Waals surface area contributed by atoms with Gasteiger partial charge in [-0.2, -0.15) is 0 Å². The van der Waals surface area contributed by atoms with Gasteiger partial charge in [-0.3, -0.25) is 0 Å². The highest BCUT2D eigenvalue weighted by Crippen LogP contribution is 2.26. The number of rotatable bonds is 1. The zero-order valence-electron chi connectivity index (χ0n) is 7.94. The number of H-pyrrole nitrogens is 1. The number of nitrogens with zero attached hydrogens (tertiary/aromatic N) is 3. The van der Waals surface area contributed by atoms with E-state index in [9.17, 15) is 0 Å². The predicted octanol–water partition coefficient (Wildman–Crippen LogP) is 1.85. The fourth-order valence-electron chi connectivity index (χ4n) is 1.47. The van der Waals surface area contributed by atoms with Crippen LogP contribution in [0, 0.1) is 0 Å². The Morgan fingerprint density at radius 1 is 1.31 bits per heavy atom. The molecule has 0 aliphatic rings. The number of nitrogens with one attached hydrogen (secondary N) is 1. The van der Waals surface area contributed by atoms with Crippen LogP contribution in [0.15, 0.2) is 22.8 Å². The maximum Gasteiger partial charge on any atom is 0.199 e. The van der Waals surface area contributed by atoms with Gasteiger partial charge in [-0.15, -0.1) is 0 Å². The number of anilines is 1. The van der Waals surface area contributed by atoms with E-state index in [0.717, 1.165) is 5.52 Å². The molecule has 0 unspecified atom stereocenters. The molecular formula is C9H6ClN5O. The van der Waals surface area contributed by atoms with Gasteiger partial charge in [-0.05, 0) is 22.4 Å². The maximum absolute atomic E-state index is 6.00. The molecule has 6 nitrogen and oxygen atoms in total. The molecule has 2 aromatic heterocycles. The quantitative estimate of drug-likeness (QED) is 0.671. The summed E-state index contributed by atoms with van der Waals surface area (Å²) in [4.78, 5) is 7.33. The molecule has 2 heterocycles. The molecule has 0 saturated heterocycles. The molecule has 1 aromatic carbocycles. The van der Waals surface area contributed by atoms with Crippen molar-refractivity contribution in [2.75, 3.05) is 5.73 Å². The molecule has 3 rings (SSSR count). The van der Waals surface area contributed by atoms with E-state index in [-0.39, 0.29) is 5.82 Å². The summed E-state index contributed by atoms with van der Waals surface area (Å²) in [5.74, 6) is 0.678. The lowest BCUT2D eigenvalue weighted by molar-refractivity contribution is 0.310. The molecule has 0 bridgehead atoms. The van der Waals surface area contributed by atoms with Crippen molar-refractivity contribution in [3.8, 4) is 11.5 Å². The Labute approximate surface area is 94.4 Å². The number of benzene rings is 1. The van der Waals surface area contributed by atoms with Crippen LogP contribution in [0.1, 0.15) is 0 Å². The molecule has 0 atom stereocenters. The number of para-hydroxylation sites is 1. The number of imidazole rings is 1. The van der Waals surface area contributed by atoms with Crippen LogP contribution < -0.4 is 5.73 Å². The number of hydrogen-bond donors (Lipinski definition) is 2. The van der Waals surface area contributed by atoms with Crippen molar-refractivity contribution in [1.29, 1.82) is 0 Å². The number of halogens is 1. The van der Waals surface area contributed by atoms with E-state index in [4.69, 9.17) is 17.3 Å². The van der Waals surface area contributed by atoms with E-state index in [1.54, 1.807) is 6.07 Å². The molecule has 0 amide bonds. The minimum atomic E-state index is 0.190. The summed E-state index contributed by atoms with van der Waals surface area (Å²) < 4.78 is 4.51. The molecular weight excluding hydrogens is 230 g/mol. The van der Waals surface area contributed by atoms with E-state index in [2.05, 4.69) is 24.9 Å². The van der Waals surface area contributed by atoms with E-state index < -0.39 is 0 Å². The molecule has 3 N–H and O–H groups in total. The molecule has 0 aliphatic heterocycles. The van der Waals surface area contributed by atoms with Gasteiger partial charge in [-0.1, -0.05) is 17.7 Å². The highest BCUT2D eigenvalue weighted by Gasteiger charge is 2.14. The molecule has 0 spiro atoms. The summed E-state index contributed by atoms with van der Waals surface area (Å²) in [5, 5.41) is 7.71. The van der Waals surface area contributed by atoms with Gasteiger partial charge in [0.2, 0.25) is 0 Å². The monoisotopic (exact) mass is 235 g/mol. The molecule has 80 valence electrons. The van der Waals surface area contributed by atoms with Gasteiger partial charge in [-0.25, -0.2) is 9.61 Å². The van der Waals surface area contributed by atoms with Crippen molar-refractivity contribution < 1.29 is 4.63 Å². The third-order valence-corrected chi connectivity index (χ3v) is 2.51. The number of hydrogen-bond acceptors (Lipinski definition) is 5. The summed E-state index contributed by atoms with van der Waals surface area (Å²) in [7, 11) is 0. The summed E-state index contributed by atoms with van der Waals surface area (Å²) in [5.41, 5.74) is 7.43. The number of aromatic nitrogens is 4. The largest absolute Gasteiger partial charge is 0.379 e. The maximum atomic E-state index is 6.00.